The Kier molecular flexibility index (Phi) is 3.33. The van der Waals surface area contributed by atoms with Crippen LogP contribution in [-0.4, -0.2) is 17.3 Å². The Labute approximate surface area is 78.8 Å². The highest BCUT2D eigenvalue weighted by atomic mass is 32.1. The maximum absolute atomic E-state index is 11.0. The second kappa shape index (κ2) is 4.51. The van der Waals surface area contributed by atoms with Crippen LogP contribution < -0.4 is 0 Å². The molecule has 0 bridgehead atoms. The Morgan fingerprint density at radius 3 is 2.92 bits per heavy atom. The highest BCUT2D eigenvalue weighted by molar-refractivity contribution is 7.54. The summed E-state index contributed by atoms with van der Waals surface area (Å²) in [4.78, 5) is 11.0. The second-order valence-corrected chi connectivity index (χ2v) is 2.54. The van der Waals surface area contributed by atoms with E-state index in [1.807, 2.05) is 0 Å². The first-order chi connectivity index (χ1) is 6.27. The van der Waals surface area contributed by atoms with Crippen molar-refractivity contribution in [3.63, 3.8) is 0 Å². The van der Waals surface area contributed by atoms with Crippen molar-refractivity contribution in [1.29, 1.82) is 0 Å². The number of rotatable bonds is 2. The minimum atomic E-state index is -0.437. The zero-order chi connectivity index (χ0) is 9.68. The van der Waals surface area contributed by atoms with Gasteiger partial charge in [0.2, 0.25) is 11.5 Å². The van der Waals surface area contributed by atoms with Gasteiger partial charge in [-0.05, 0) is 18.2 Å². The summed E-state index contributed by atoms with van der Waals surface area (Å²) in [5.41, 5.74) is 0.848. The summed E-state index contributed by atoms with van der Waals surface area (Å²) >= 11 is 0.106. The summed E-state index contributed by atoms with van der Waals surface area (Å²) in [5.74, 6) is -0.437. The Morgan fingerprint density at radius 1 is 1.54 bits per heavy atom. The molecule has 0 amide bonds. The molecule has 0 radical (unpaired) electrons. The van der Waals surface area contributed by atoms with Crippen molar-refractivity contribution < 1.29 is 13.7 Å². The first-order valence-electron chi connectivity index (χ1n) is 3.46. The molecular weight excluding hydrogens is 190 g/mol. The van der Waals surface area contributed by atoms with Crippen molar-refractivity contribution in [2.45, 2.75) is 0 Å². The van der Waals surface area contributed by atoms with Gasteiger partial charge in [0.1, 0.15) is 0 Å². The molecule has 13 heavy (non-hydrogen) atoms. The third-order valence-corrected chi connectivity index (χ3v) is 1.70. The minimum Gasteiger partial charge on any atom is -0.465 e. The van der Waals surface area contributed by atoms with Crippen LogP contribution in [0.15, 0.2) is 28.6 Å². The number of esters is 1. The molecule has 0 fully saturated rings. The number of methoxy groups -OCH3 is 1. The number of nitrogens with zero attached hydrogens (tertiary/aromatic N) is 1. The van der Waals surface area contributed by atoms with E-state index < -0.39 is 5.97 Å². The third kappa shape index (κ3) is 2.48. The lowest BCUT2D eigenvalue weighted by molar-refractivity contribution is 0.0601. The first-order valence-corrected chi connectivity index (χ1v) is 4.16. The third-order valence-electron chi connectivity index (χ3n) is 1.41. The topological polar surface area (TPSA) is 55.7 Å². The summed E-state index contributed by atoms with van der Waals surface area (Å²) in [6, 6.07) is 6.37. The minimum absolute atomic E-state index is 0.106. The smallest absolute Gasteiger partial charge is 0.337 e. The van der Waals surface area contributed by atoms with Crippen LogP contribution in [0.1, 0.15) is 10.4 Å². The van der Waals surface area contributed by atoms with Gasteiger partial charge in [-0.15, -0.1) is 0 Å². The van der Waals surface area contributed by atoms with E-state index in [2.05, 4.69) is 9.10 Å². The number of carbonyl (C=O) groups is 1. The molecule has 0 aliphatic carbocycles. The van der Waals surface area contributed by atoms with Crippen LogP contribution in [0.3, 0.4) is 0 Å². The fraction of sp³-hybridized carbons (Fsp3) is 0.125. The lowest BCUT2D eigenvalue weighted by atomic mass is 10.2. The molecule has 1 aromatic rings. The summed E-state index contributed by atoms with van der Waals surface area (Å²) in [5, 5.41) is 0. The van der Waals surface area contributed by atoms with E-state index in [-0.39, 0.29) is 11.5 Å². The van der Waals surface area contributed by atoms with Crippen molar-refractivity contribution in [2.75, 3.05) is 7.11 Å². The highest BCUT2D eigenvalue weighted by Crippen LogP contribution is 2.13. The highest BCUT2D eigenvalue weighted by Gasteiger charge is 2.04. The largest absolute Gasteiger partial charge is 0.465 e. The van der Waals surface area contributed by atoms with Gasteiger partial charge < -0.3 is 4.74 Å². The summed E-state index contributed by atoms with van der Waals surface area (Å²) < 4.78 is 18.1. The maximum atomic E-state index is 11.0. The number of hydrogen-bond donors (Lipinski definition) is 0. The van der Waals surface area contributed by atoms with E-state index in [1.165, 1.54) is 13.2 Å². The summed E-state index contributed by atoms with van der Waals surface area (Å²) in [6.45, 7) is 0. The normalized spacial score (nSPS) is 9.00. The molecule has 68 valence electrons. The van der Waals surface area contributed by atoms with E-state index in [0.717, 1.165) is 0 Å². The Morgan fingerprint density at radius 2 is 2.31 bits per heavy atom. The SMILES string of the molecule is COC(=O)c1cccc(N=S=O)c1. The standard InChI is InChI=1S/C8H7NO3S/c1-12-8(10)6-3-2-4-7(5-6)9-13-11/h2-5H,1H3. The quantitative estimate of drug-likeness (QED) is 0.675. The molecule has 0 aliphatic rings. The van der Waals surface area contributed by atoms with Gasteiger partial charge in [-0.2, -0.15) is 8.57 Å². The summed E-state index contributed by atoms with van der Waals surface area (Å²) in [7, 11) is 1.30. The molecule has 0 saturated heterocycles. The van der Waals surface area contributed by atoms with Crippen molar-refractivity contribution in [2.24, 2.45) is 4.36 Å². The van der Waals surface area contributed by atoms with Gasteiger partial charge >= 0.3 is 5.97 Å². The van der Waals surface area contributed by atoms with Gasteiger partial charge in [-0.3, -0.25) is 0 Å². The number of benzene rings is 1. The molecule has 0 saturated carbocycles. The zero-order valence-electron chi connectivity index (χ0n) is 6.89. The molecule has 0 atom stereocenters. The zero-order valence-corrected chi connectivity index (χ0v) is 7.71. The van der Waals surface area contributed by atoms with Crippen molar-refractivity contribution in [3.05, 3.63) is 29.8 Å². The van der Waals surface area contributed by atoms with Gasteiger partial charge in [0, 0.05) is 0 Å². The van der Waals surface area contributed by atoms with Gasteiger partial charge in [-0.25, -0.2) is 4.79 Å². The fourth-order valence-corrected chi connectivity index (χ4v) is 1.05. The van der Waals surface area contributed by atoms with Crippen LogP contribution >= 0.6 is 0 Å². The lowest BCUT2D eigenvalue weighted by Gasteiger charge is -1.98. The van der Waals surface area contributed by atoms with Crippen LogP contribution in [0, 0.1) is 0 Å². The predicted octanol–water partition coefficient (Wildman–Crippen LogP) is 1.50. The maximum Gasteiger partial charge on any atom is 0.337 e. The Bertz CT molecular complexity index is 371. The Hall–Kier alpha value is -1.49. The van der Waals surface area contributed by atoms with Gasteiger partial charge in [-0.1, -0.05) is 6.07 Å². The molecule has 0 unspecified atom stereocenters. The van der Waals surface area contributed by atoms with Crippen molar-refractivity contribution in [1.82, 2.24) is 0 Å². The van der Waals surface area contributed by atoms with Crippen LogP contribution in [0.5, 0.6) is 0 Å². The average Bonchev–Trinajstić information content (AvgIpc) is 2.18. The average molecular weight is 197 g/mol. The Balaban J connectivity index is 3.04. The van der Waals surface area contributed by atoms with E-state index in [0.29, 0.717) is 11.3 Å². The number of hydrogen-bond acceptors (Lipinski definition) is 4. The van der Waals surface area contributed by atoms with E-state index >= 15 is 0 Å². The van der Waals surface area contributed by atoms with E-state index in [9.17, 15) is 9.00 Å². The summed E-state index contributed by atoms with van der Waals surface area (Å²) in [6.07, 6.45) is 0. The molecule has 0 N–H and O–H groups in total. The van der Waals surface area contributed by atoms with Crippen LogP contribution in [0.4, 0.5) is 5.69 Å². The molecule has 1 aromatic carbocycles. The monoisotopic (exact) mass is 197 g/mol. The van der Waals surface area contributed by atoms with Crippen LogP contribution in [0.2, 0.25) is 0 Å². The van der Waals surface area contributed by atoms with E-state index in [1.54, 1.807) is 18.2 Å². The molecule has 1 rings (SSSR count). The van der Waals surface area contributed by atoms with Gasteiger partial charge in [0.15, 0.2) is 0 Å². The molecule has 5 heteroatoms. The van der Waals surface area contributed by atoms with Crippen molar-refractivity contribution >= 4 is 23.1 Å². The van der Waals surface area contributed by atoms with Crippen molar-refractivity contribution in [3.8, 4) is 0 Å². The second-order valence-electron chi connectivity index (χ2n) is 2.21. The molecular formula is C8H7NO3S. The van der Waals surface area contributed by atoms with Crippen LogP contribution in [0.25, 0.3) is 0 Å². The fourth-order valence-electron chi connectivity index (χ4n) is 0.851. The number of carbonyl (C=O) groups excluding carboxylic acids is 1. The first kappa shape index (κ1) is 9.60. The molecule has 0 heterocycles. The molecule has 0 spiro atoms. The predicted molar refractivity (Wildman–Crippen MR) is 48.0 cm³/mol. The van der Waals surface area contributed by atoms with Gasteiger partial charge in [0.25, 0.3) is 0 Å². The molecule has 0 aromatic heterocycles. The molecule has 4 nitrogen and oxygen atoms in total. The number of ether oxygens (including phenoxy) is 1. The lowest BCUT2D eigenvalue weighted by Crippen LogP contribution is -1.99. The molecule has 0 aliphatic heterocycles. The van der Waals surface area contributed by atoms with E-state index in [4.69, 9.17) is 0 Å². The van der Waals surface area contributed by atoms with Gasteiger partial charge in [0.05, 0.1) is 18.4 Å². The van der Waals surface area contributed by atoms with Crippen LogP contribution in [-0.2, 0) is 16.2 Å².